The second-order valence-electron chi connectivity index (χ2n) is 5.42. The molecule has 8 nitrogen and oxygen atoms in total. The average Bonchev–Trinajstić information content (AvgIpc) is 2.68. The Morgan fingerprint density at radius 1 is 1.00 bits per heavy atom. The molecular formula is C19H11N3O5. The van der Waals surface area contributed by atoms with Gasteiger partial charge in [0.2, 0.25) is 0 Å². The van der Waals surface area contributed by atoms with Crippen molar-refractivity contribution in [3.8, 4) is 6.07 Å². The molecule has 0 bridgehead atoms. The fraction of sp³-hybridized carbons (Fsp3) is 0. The lowest BCUT2D eigenvalue weighted by Crippen LogP contribution is -2.18. The number of amides is 1. The van der Waals surface area contributed by atoms with Crippen molar-refractivity contribution in [3.63, 3.8) is 0 Å². The standard InChI is InChI=1S/C19H11N3O5/c20-11-13-7-10-17(16-4-2-1-3-15(13)16)21-19(24)27-18(23)12-5-8-14(9-6-12)22(25)26/h1-10H,(H,21,24). The van der Waals surface area contributed by atoms with Crippen molar-refractivity contribution in [3.05, 3.63) is 81.9 Å². The minimum atomic E-state index is -1.01. The van der Waals surface area contributed by atoms with Crippen LogP contribution in [0.2, 0.25) is 0 Å². The van der Waals surface area contributed by atoms with E-state index in [9.17, 15) is 19.7 Å². The van der Waals surface area contributed by atoms with E-state index in [1.165, 1.54) is 12.1 Å². The molecule has 27 heavy (non-hydrogen) atoms. The monoisotopic (exact) mass is 361 g/mol. The van der Waals surface area contributed by atoms with Crippen LogP contribution < -0.4 is 5.32 Å². The van der Waals surface area contributed by atoms with Gasteiger partial charge in [0.25, 0.3) is 5.69 Å². The van der Waals surface area contributed by atoms with Crippen LogP contribution in [0.3, 0.4) is 0 Å². The number of fused-ring (bicyclic) bond motifs is 1. The number of esters is 1. The van der Waals surface area contributed by atoms with Crippen LogP contribution >= 0.6 is 0 Å². The molecule has 0 saturated heterocycles. The summed E-state index contributed by atoms with van der Waals surface area (Å²) in [6.07, 6.45) is -1.01. The Balaban J connectivity index is 1.76. The summed E-state index contributed by atoms with van der Waals surface area (Å²) in [6.45, 7) is 0. The Morgan fingerprint density at radius 3 is 2.30 bits per heavy atom. The topological polar surface area (TPSA) is 122 Å². The fourth-order valence-corrected chi connectivity index (χ4v) is 2.50. The van der Waals surface area contributed by atoms with Crippen LogP contribution in [-0.4, -0.2) is 17.0 Å². The largest absolute Gasteiger partial charge is 0.419 e. The van der Waals surface area contributed by atoms with Crippen molar-refractivity contribution in [2.75, 3.05) is 5.32 Å². The first-order valence-electron chi connectivity index (χ1n) is 7.69. The lowest BCUT2D eigenvalue weighted by Gasteiger charge is -2.09. The number of nitrogens with one attached hydrogen (secondary N) is 1. The zero-order valence-electron chi connectivity index (χ0n) is 13.7. The first kappa shape index (κ1) is 17.6. The highest BCUT2D eigenvalue weighted by Crippen LogP contribution is 2.26. The summed E-state index contributed by atoms with van der Waals surface area (Å²) in [6, 6.07) is 16.8. The molecule has 0 saturated carbocycles. The summed E-state index contributed by atoms with van der Waals surface area (Å²) in [5, 5.41) is 23.5. The van der Waals surface area contributed by atoms with Crippen molar-refractivity contribution in [2.45, 2.75) is 0 Å². The summed E-state index contributed by atoms with van der Waals surface area (Å²) in [4.78, 5) is 34.1. The SMILES string of the molecule is N#Cc1ccc(NC(=O)OC(=O)c2ccc([N+](=O)[O-])cc2)c2ccccc12. The van der Waals surface area contributed by atoms with E-state index in [1.807, 2.05) is 0 Å². The van der Waals surface area contributed by atoms with Crippen LogP contribution in [0.25, 0.3) is 10.8 Å². The number of anilines is 1. The highest BCUT2D eigenvalue weighted by atomic mass is 16.6. The second kappa shape index (κ2) is 7.33. The molecule has 0 aliphatic heterocycles. The molecular weight excluding hydrogens is 350 g/mol. The number of benzene rings is 3. The maximum Gasteiger partial charge on any atom is 0.419 e. The summed E-state index contributed by atoms with van der Waals surface area (Å²) in [5.41, 5.74) is 0.651. The Morgan fingerprint density at radius 2 is 1.67 bits per heavy atom. The van der Waals surface area contributed by atoms with Gasteiger partial charge in [-0.15, -0.1) is 0 Å². The van der Waals surface area contributed by atoms with E-state index >= 15 is 0 Å². The van der Waals surface area contributed by atoms with Gasteiger partial charge in [-0.2, -0.15) is 5.26 Å². The van der Waals surface area contributed by atoms with E-state index < -0.39 is 17.0 Å². The fourth-order valence-electron chi connectivity index (χ4n) is 2.50. The predicted molar refractivity (Wildman–Crippen MR) is 96.2 cm³/mol. The molecule has 132 valence electrons. The van der Waals surface area contributed by atoms with Crippen LogP contribution in [-0.2, 0) is 4.74 Å². The number of hydrogen-bond donors (Lipinski definition) is 1. The number of carbonyl (C=O) groups excluding carboxylic acids is 2. The number of rotatable bonds is 3. The molecule has 0 aliphatic carbocycles. The van der Waals surface area contributed by atoms with Crippen molar-refractivity contribution in [1.82, 2.24) is 0 Å². The van der Waals surface area contributed by atoms with Gasteiger partial charge in [0.05, 0.1) is 27.8 Å². The minimum Gasteiger partial charge on any atom is -0.372 e. The molecule has 1 amide bonds. The zero-order chi connectivity index (χ0) is 19.4. The Bertz CT molecular complexity index is 1100. The van der Waals surface area contributed by atoms with Crippen LogP contribution in [0, 0.1) is 21.4 Å². The smallest absolute Gasteiger partial charge is 0.372 e. The molecule has 0 atom stereocenters. The van der Waals surface area contributed by atoms with E-state index in [2.05, 4.69) is 11.4 Å². The zero-order valence-corrected chi connectivity index (χ0v) is 13.7. The third kappa shape index (κ3) is 3.72. The number of nitriles is 1. The molecule has 8 heteroatoms. The lowest BCUT2D eigenvalue weighted by atomic mass is 10.0. The van der Waals surface area contributed by atoms with Crippen LogP contribution in [0.4, 0.5) is 16.2 Å². The molecule has 3 aromatic rings. The average molecular weight is 361 g/mol. The molecule has 0 heterocycles. The first-order chi connectivity index (χ1) is 13.0. The van der Waals surface area contributed by atoms with Crippen molar-refractivity contribution in [1.29, 1.82) is 5.26 Å². The van der Waals surface area contributed by atoms with Gasteiger partial charge in [-0.1, -0.05) is 24.3 Å². The summed E-state index contributed by atoms with van der Waals surface area (Å²) < 4.78 is 4.72. The summed E-state index contributed by atoms with van der Waals surface area (Å²) in [5.74, 6) is -0.944. The molecule has 0 fully saturated rings. The third-order valence-electron chi connectivity index (χ3n) is 3.78. The van der Waals surface area contributed by atoms with E-state index in [1.54, 1.807) is 36.4 Å². The van der Waals surface area contributed by atoms with Crippen molar-refractivity contribution in [2.24, 2.45) is 0 Å². The molecule has 0 spiro atoms. The number of nitrogens with zero attached hydrogens (tertiary/aromatic N) is 2. The number of nitro benzene ring substituents is 1. The van der Waals surface area contributed by atoms with Gasteiger partial charge in [0.1, 0.15) is 0 Å². The molecule has 0 radical (unpaired) electrons. The predicted octanol–water partition coefficient (Wildman–Crippen LogP) is 4.01. The lowest BCUT2D eigenvalue weighted by molar-refractivity contribution is -0.384. The molecule has 1 N–H and O–H groups in total. The summed E-state index contributed by atoms with van der Waals surface area (Å²) >= 11 is 0. The van der Waals surface area contributed by atoms with Gasteiger partial charge < -0.3 is 4.74 Å². The number of ether oxygens (including phenoxy) is 1. The van der Waals surface area contributed by atoms with E-state index in [0.29, 0.717) is 22.0 Å². The van der Waals surface area contributed by atoms with Crippen molar-refractivity contribution < 1.29 is 19.2 Å². The number of non-ortho nitro benzene ring substituents is 1. The Kier molecular flexibility index (Phi) is 4.77. The number of hydrogen-bond acceptors (Lipinski definition) is 6. The molecule has 0 aromatic heterocycles. The van der Waals surface area contributed by atoms with Crippen LogP contribution in [0.1, 0.15) is 15.9 Å². The molecule has 3 aromatic carbocycles. The van der Waals surface area contributed by atoms with Gasteiger partial charge in [-0.3, -0.25) is 15.4 Å². The number of nitro groups is 1. The normalized spacial score (nSPS) is 10.0. The molecule has 0 aliphatic rings. The van der Waals surface area contributed by atoms with Gasteiger partial charge in [0.15, 0.2) is 0 Å². The van der Waals surface area contributed by atoms with Gasteiger partial charge in [-0.05, 0) is 24.3 Å². The summed E-state index contributed by atoms with van der Waals surface area (Å²) in [7, 11) is 0. The minimum absolute atomic E-state index is 0.000404. The van der Waals surface area contributed by atoms with Gasteiger partial charge in [-0.25, -0.2) is 9.59 Å². The molecule has 0 unspecified atom stereocenters. The van der Waals surface area contributed by atoms with Crippen LogP contribution in [0.15, 0.2) is 60.7 Å². The second-order valence-corrected chi connectivity index (χ2v) is 5.42. The number of carbonyl (C=O) groups is 2. The van der Waals surface area contributed by atoms with Crippen LogP contribution in [0.5, 0.6) is 0 Å². The Labute approximate surface area is 152 Å². The third-order valence-corrected chi connectivity index (χ3v) is 3.78. The van der Waals surface area contributed by atoms with E-state index in [0.717, 1.165) is 12.1 Å². The van der Waals surface area contributed by atoms with Crippen molar-refractivity contribution >= 4 is 34.2 Å². The maximum atomic E-state index is 12.0. The van der Waals surface area contributed by atoms with E-state index in [4.69, 9.17) is 10.00 Å². The van der Waals surface area contributed by atoms with Gasteiger partial charge >= 0.3 is 12.1 Å². The quantitative estimate of drug-likeness (QED) is 0.325. The first-order valence-corrected chi connectivity index (χ1v) is 7.69. The van der Waals surface area contributed by atoms with Gasteiger partial charge in [0, 0.05) is 22.9 Å². The highest BCUT2D eigenvalue weighted by molar-refractivity contribution is 6.05. The maximum absolute atomic E-state index is 12.0. The van der Waals surface area contributed by atoms with E-state index in [-0.39, 0.29) is 11.3 Å². The highest BCUT2D eigenvalue weighted by Gasteiger charge is 2.16. The molecule has 3 rings (SSSR count). The Hall–Kier alpha value is -4.25.